The molecular weight excluding hydrogens is 941 g/mol. The molecule has 2 N–H and O–H groups in total. The molecule has 16 nitrogen and oxygen atoms in total. The van der Waals surface area contributed by atoms with Crippen molar-refractivity contribution >= 4 is 34.0 Å². The maximum atomic E-state index is 12.7. The van der Waals surface area contributed by atoms with Gasteiger partial charge in [-0.05, 0) is 155 Å². The third-order valence-electron chi connectivity index (χ3n) is 13.9. The Kier molecular flexibility index (Phi) is 17.6. The summed E-state index contributed by atoms with van der Waals surface area (Å²) in [6.45, 7) is 22.5. The number of ether oxygens (including phenoxy) is 4. The number of hydrogen-bond donors (Lipinski definition) is 2. The molecule has 400 valence electrons. The molecule has 0 aliphatic carbocycles. The van der Waals surface area contributed by atoms with Gasteiger partial charge in [0.25, 0.3) is 11.1 Å². The number of carbonyl (C=O) groups excluding carboxylic acids is 2. The van der Waals surface area contributed by atoms with E-state index in [0.29, 0.717) is 48.6 Å². The SMILES string of the molecule is Cc1cc(-c2nc3cc(CC[C@H](C(=O)OC(C)(C)C)[C@@H](C)O)ccc3n2CC2CCOC2)cn(C)c1=O.Cc1cc(-c2nc3cc(CC[C@H](C(=O)OC(C)(C)C)[C@@H](C)O)ccc3n2CC2CCOC2)cn(C)c1=O. The molecule has 6 aromatic rings. The van der Waals surface area contributed by atoms with Crippen LogP contribution in [0.15, 0.2) is 70.5 Å². The van der Waals surface area contributed by atoms with E-state index in [0.717, 1.165) is 108 Å². The highest BCUT2D eigenvalue weighted by atomic mass is 16.6. The number of aliphatic hydroxyl groups excluding tert-OH is 2. The maximum Gasteiger partial charge on any atom is 0.312 e. The highest BCUT2D eigenvalue weighted by molar-refractivity contribution is 5.83. The first-order valence-corrected chi connectivity index (χ1v) is 26.2. The number of pyridine rings is 2. The quantitative estimate of drug-likeness (QED) is 0.0889. The first-order chi connectivity index (χ1) is 34.8. The van der Waals surface area contributed by atoms with Gasteiger partial charge >= 0.3 is 11.9 Å². The summed E-state index contributed by atoms with van der Waals surface area (Å²) < 4.78 is 30.0. The van der Waals surface area contributed by atoms with Crippen molar-refractivity contribution in [3.05, 3.63) is 104 Å². The largest absolute Gasteiger partial charge is 0.460 e. The van der Waals surface area contributed by atoms with Crippen molar-refractivity contribution in [2.24, 2.45) is 37.8 Å². The van der Waals surface area contributed by atoms with Gasteiger partial charge in [-0.1, -0.05) is 12.1 Å². The zero-order chi connectivity index (χ0) is 53.8. The van der Waals surface area contributed by atoms with Gasteiger partial charge in [-0.15, -0.1) is 0 Å². The molecule has 8 rings (SSSR count). The number of imidazole rings is 2. The molecule has 0 bridgehead atoms. The van der Waals surface area contributed by atoms with Crippen molar-refractivity contribution in [3.63, 3.8) is 0 Å². The average molecular weight is 1020 g/mol. The second kappa shape index (κ2) is 23.3. The Hall–Kier alpha value is -5.94. The molecule has 2 saturated heterocycles. The first-order valence-electron chi connectivity index (χ1n) is 26.2. The summed E-state index contributed by atoms with van der Waals surface area (Å²) in [7, 11) is 3.52. The molecular formula is C58H78N6O10. The Morgan fingerprint density at radius 3 is 1.34 bits per heavy atom. The van der Waals surface area contributed by atoms with Gasteiger partial charge in [-0.25, -0.2) is 9.97 Å². The number of aryl methyl sites for hydroxylation is 6. The van der Waals surface area contributed by atoms with Crippen LogP contribution in [0.3, 0.4) is 0 Å². The Labute approximate surface area is 434 Å². The first kappa shape index (κ1) is 55.8. The van der Waals surface area contributed by atoms with Gasteiger partial charge in [0, 0.05) is 86.9 Å². The van der Waals surface area contributed by atoms with Crippen LogP contribution in [-0.4, -0.2) is 100 Å². The summed E-state index contributed by atoms with van der Waals surface area (Å²) in [4.78, 5) is 59.9. The van der Waals surface area contributed by atoms with E-state index in [-0.39, 0.29) is 23.1 Å². The molecule has 6 heterocycles. The van der Waals surface area contributed by atoms with E-state index in [2.05, 4.69) is 45.5 Å². The van der Waals surface area contributed by atoms with Crippen LogP contribution < -0.4 is 11.1 Å². The van der Waals surface area contributed by atoms with Crippen LogP contribution in [-0.2, 0) is 68.6 Å². The van der Waals surface area contributed by atoms with Gasteiger partial charge in [0.05, 0.1) is 59.3 Å². The van der Waals surface area contributed by atoms with Crippen LogP contribution in [0.4, 0.5) is 0 Å². The van der Waals surface area contributed by atoms with Crippen LogP contribution in [0.1, 0.15) is 103 Å². The van der Waals surface area contributed by atoms with E-state index in [9.17, 15) is 29.4 Å². The highest BCUT2D eigenvalue weighted by Crippen LogP contribution is 2.32. The fourth-order valence-electron chi connectivity index (χ4n) is 9.95. The van der Waals surface area contributed by atoms with Gasteiger partial charge in [0.1, 0.15) is 22.9 Å². The highest BCUT2D eigenvalue weighted by Gasteiger charge is 2.31. The van der Waals surface area contributed by atoms with Crippen molar-refractivity contribution < 1.29 is 38.7 Å². The summed E-state index contributed by atoms with van der Waals surface area (Å²) in [5, 5.41) is 20.5. The molecule has 2 fully saturated rings. The normalized spacial score (nSPS) is 17.8. The molecule has 6 atom stereocenters. The number of benzene rings is 2. The van der Waals surface area contributed by atoms with Crippen molar-refractivity contribution in [2.45, 2.75) is 144 Å². The lowest BCUT2D eigenvalue weighted by Gasteiger charge is -2.25. The number of hydrogen-bond acceptors (Lipinski definition) is 12. The van der Waals surface area contributed by atoms with Gasteiger partial charge in [0.15, 0.2) is 0 Å². The predicted molar refractivity (Wildman–Crippen MR) is 287 cm³/mol. The molecule has 0 spiro atoms. The molecule has 16 heteroatoms. The van der Waals surface area contributed by atoms with E-state index in [1.165, 1.54) is 0 Å². The number of carbonyl (C=O) groups is 2. The monoisotopic (exact) mass is 1020 g/mol. The number of esters is 2. The third kappa shape index (κ3) is 13.9. The van der Waals surface area contributed by atoms with E-state index < -0.39 is 35.2 Å². The third-order valence-corrected chi connectivity index (χ3v) is 13.9. The molecule has 0 amide bonds. The van der Waals surface area contributed by atoms with E-state index >= 15 is 0 Å². The minimum Gasteiger partial charge on any atom is -0.460 e. The van der Waals surface area contributed by atoms with Crippen LogP contribution in [0.2, 0.25) is 0 Å². The Morgan fingerprint density at radius 2 is 1.03 bits per heavy atom. The zero-order valence-electron chi connectivity index (χ0n) is 45.6. The van der Waals surface area contributed by atoms with Crippen LogP contribution >= 0.6 is 0 Å². The number of nitrogens with zero attached hydrogens (tertiary/aromatic N) is 6. The van der Waals surface area contributed by atoms with Crippen LogP contribution in [0.25, 0.3) is 44.8 Å². The number of rotatable bonds is 16. The predicted octanol–water partition coefficient (Wildman–Crippen LogP) is 8.04. The topological polar surface area (TPSA) is 191 Å². The Morgan fingerprint density at radius 1 is 0.649 bits per heavy atom. The number of fused-ring (bicyclic) bond motifs is 2. The Balaban J connectivity index is 0.000000216. The van der Waals surface area contributed by atoms with Gasteiger partial charge < -0.3 is 47.4 Å². The van der Waals surface area contributed by atoms with Crippen molar-refractivity contribution in [2.75, 3.05) is 26.4 Å². The maximum absolute atomic E-state index is 12.7. The lowest BCUT2D eigenvalue weighted by atomic mass is 9.94. The number of aliphatic hydroxyl groups is 2. The second-order valence-corrected chi connectivity index (χ2v) is 22.7. The van der Waals surface area contributed by atoms with Gasteiger partial charge in [-0.2, -0.15) is 0 Å². The lowest BCUT2D eigenvalue weighted by Crippen LogP contribution is -2.34. The minimum absolute atomic E-state index is 0.0180. The summed E-state index contributed by atoms with van der Waals surface area (Å²) in [6.07, 6.45) is 6.28. The Bertz CT molecular complexity index is 2800. The standard InChI is InChI=1S/2C29H39N3O5/c2*1-18-13-22(16-31(6)27(18)34)26-30-24-14-20(7-9-23(19(2)33)28(35)37-29(3,4)5)8-10-25(24)32(26)15-21-11-12-36-17-21/h2*8,10,13-14,16,19,21,23,33H,7,9,11-12,15,17H2,1-6H3/t2*19-,21?,23+/m11/s1. The smallest absolute Gasteiger partial charge is 0.312 e. The van der Waals surface area contributed by atoms with Gasteiger partial charge in [0.2, 0.25) is 0 Å². The molecule has 0 saturated carbocycles. The van der Waals surface area contributed by atoms with Crippen molar-refractivity contribution in [3.8, 4) is 22.8 Å². The molecule has 74 heavy (non-hydrogen) atoms. The molecule has 4 aromatic heterocycles. The summed E-state index contributed by atoms with van der Waals surface area (Å²) >= 11 is 0. The minimum atomic E-state index is -0.800. The fraction of sp³-hybridized carbons (Fsp3) is 0.552. The molecule has 2 aliphatic heterocycles. The molecule has 2 aliphatic rings. The average Bonchev–Trinajstić information content (AvgIpc) is 4.15. The van der Waals surface area contributed by atoms with E-state index in [1.807, 2.05) is 79.9 Å². The van der Waals surface area contributed by atoms with Crippen LogP contribution in [0, 0.1) is 37.5 Å². The lowest BCUT2D eigenvalue weighted by molar-refractivity contribution is -0.165. The molecule has 0 radical (unpaired) electrons. The van der Waals surface area contributed by atoms with Gasteiger partial charge in [-0.3, -0.25) is 19.2 Å². The zero-order valence-corrected chi connectivity index (χ0v) is 45.6. The summed E-state index contributed by atoms with van der Waals surface area (Å²) in [5.41, 5.74) is 7.77. The van der Waals surface area contributed by atoms with Crippen molar-refractivity contribution in [1.82, 2.24) is 28.2 Å². The molecule has 2 aromatic carbocycles. The summed E-state index contributed by atoms with van der Waals surface area (Å²) in [5.74, 6) is 0.521. The number of aromatic nitrogens is 6. The molecule has 2 unspecified atom stereocenters. The fourth-order valence-corrected chi connectivity index (χ4v) is 9.95. The van der Waals surface area contributed by atoms with E-state index in [4.69, 9.17) is 28.9 Å². The second-order valence-electron chi connectivity index (χ2n) is 22.7. The van der Waals surface area contributed by atoms with Crippen LogP contribution in [0.5, 0.6) is 0 Å². The van der Waals surface area contributed by atoms with Crippen molar-refractivity contribution in [1.29, 1.82) is 0 Å². The van der Waals surface area contributed by atoms with E-state index in [1.54, 1.807) is 37.1 Å². The summed E-state index contributed by atoms with van der Waals surface area (Å²) in [6, 6.07) is 16.2.